The lowest BCUT2D eigenvalue weighted by Gasteiger charge is -2.03. The number of carbonyl (C=O) groups is 1. The van der Waals surface area contributed by atoms with E-state index in [9.17, 15) is 14.1 Å². The number of nitroso groups, excluding NO2 is 1. The van der Waals surface area contributed by atoms with E-state index in [2.05, 4.69) is 15.2 Å². The zero-order chi connectivity index (χ0) is 13.7. The minimum absolute atomic E-state index is 0.133. The number of carbonyl (C=O) groups excluding carboxylic acids is 1. The molecule has 0 atom stereocenters. The van der Waals surface area contributed by atoms with Gasteiger partial charge in [0, 0.05) is 28.4 Å². The van der Waals surface area contributed by atoms with Crippen LogP contribution < -0.4 is 0 Å². The van der Waals surface area contributed by atoms with E-state index in [1.165, 1.54) is 19.2 Å². The van der Waals surface area contributed by atoms with Gasteiger partial charge in [0.15, 0.2) is 0 Å². The molecule has 0 spiro atoms. The van der Waals surface area contributed by atoms with Gasteiger partial charge in [0.25, 0.3) is 0 Å². The van der Waals surface area contributed by atoms with Crippen molar-refractivity contribution in [3.05, 3.63) is 46.0 Å². The van der Waals surface area contributed by atoms with Gasteiger partial charge in [0.05, 0.1) is 5.56 Å². The number of hydrogen-bond acceptors (Lipinski definition) is 4. The molecule has 1 amide bonds. The van der Waals surface area contributed by atoms with Gasteiger partial charge in [0.2, 0.25) is 5.95 Å². The summed E-state index contributed by atoms with van der Waals surface area (Å²) in [6, 6.07) is 3.12. The number of halogens is 1. The second-order valence-electron chi connectivity index (χ2n) is 3.65. The Bertz CT molecular complexity index is 550. The highest BCUT2D eigenvalue weighted by molar-refractivity contribution is 6.00. The van der Waals surface area contributed by atoms with Crippen molar-refractivity contribution in [3.63, 3.8) is 0 Å². The molecule has 0 N–H and O–H groups in total. The second kappa shape index (κ2) is 5.90. The Balaban J connectivity index is 3.15. The van der Waals surface area contributed by atoms with Crippen LogP contribution in [-0.4, -0.2) is 16.6 Å². The van der Waals surface area contributed by atoms with Crippen molar-refractivity contribution in [1.29, 1.82) is 0 Å². The fourth-order valence-electron chi connectivity index (χ4n) is 1.27. The zero-order valence-corrected chi connectivity index (χ0v) is 10.3. The number of nitrogens with zero attached hydrogens (tertiary/aromatic N) is 3. The number of allylic oxidation sites excluding steroid dienone is 1. The molecule has 0 radical (unpaired) electrons. The lowest BCUT2D eigenvalue weighted by molar-refractivity contribution is -0.114. The van der Waals surface area contributed by atoms with Gasteiger partial charge >= 0.3 is 5.91 Å². The number of pyridine rings is 1. The molecule has 0 unspecified atom stereocenters. The predicted molar refractivity (Wildman–Crippen MR) is 65.6 cm³/mol. The first kappa shape index (κ1) is 13.8. The van der Waals surface area contributed by atoms with Gasteiger partial charge in [-0.15, -0.1) is 4.91 Å². The zero-order valence-electron chi connectivity index (χ0n) is 10.3. The number of rotatable bonds is 3. The molecule has 0 bridgehead atoms. The Hall–Kier alpha value is -2.24. The Morgan fingerprint density at radius 2 is 2.00 bits per heavy atom. The maximum Gasteiger partial charge on any atom is 0.314 e. The third-order valence-electron chi connectivity index (χ3n) is 2.43. The van der Waals surface area contributed by atoms with Crippen molar-refractivity contribution in [3.8, 4) is 0 Å². The molecule has 1 heterocycles. The Morgan fingerprint density at radius 1 is 1.33 bits per heavy atom. The summed E-state index contributed by atoms with van der Waals surface area (Å²) in [5.74, 6) is -1.51. The van der Waals surface area contributed by atoms with Crippen molar-refractivity contribution in [1.82, 2.24) is 4.98 Å². The third kappa shape index (κ3) is 3.13. The van der Waals surface area contributed by atoms with Crippen LogP contribution in [-0.2, 0) is 4.79 Å². The number of hydrogen-bond donors (Lipinski definition) is 0. The van der Waals surface area contributed by atoms with E-state index in [0.29, 0.717) is 11.4 Å². The SMILES string of the molecule is C/C(=N\C(C)=C(/C)C(=O)N=O)c1cccnc1F. The largest absolute Gasteiger partial charge is 0.314 e. The van der Waals surface area contributed by atoms with Crippen LogP contribution in [0.4, 0.5) is 4.39 Å². The number of aromatic nitrogens is 1. The van der Waals surface area contributed by atoms with E-state index in [1.807, 2.05) is 0 Å². The summed E-state index contributed by atoms with van der Waals surface area (Å²) in [6.07, 6.45) is 1.33. The van der Waals surface area contributed by atoms with Gasteiger partial charge in [0.1, 0.15) is 0 Å². The smallest absolute Gasteiger partial charge is 0.264 e. The second-order valence-corrected chi connectivity index (χ2v) is 3.65. The number of aliphatic imine (C=N–C) groups is 1. The Morgan fingerprint density at radius 3 is 2.56 bits per heavy atom. The first-order valence-corrected chi connectivity index (χ1v) is 5.18. The third-order valence-corrected chi connectivity index (χ3v) is 2.43. The van der Waals surface area contributed by atoms with Crippen molar-refractivity contribution in [2.24, 2.45) is 10.2 Å². The highest BCUT2D eigenvalue weighted by Crippen LogP contribution is 2.11. The summed E-state index contributed by atoms with van der Waals surface area (Å²) in [4.78, 5) is 28.7. The van der Waals surface area contributed by atoms with Gasteiger partial charge in [-0.2, -0.15) is 4.39 Å². The standard InChI is InChI=1S/C12H12FN3O2/c1-7(12(17)16-18)8(2)15-9(3)10-5-4-6-14-11(10)13/h4-6H,1-3H3/b8-7+,15-9+. The van der Waals surface area contributed by atoms with E-state index < -0.39 is 11.9 Å². The lowest BCUT2D eigenvalue weighted by Crippen LogP contribution is -2.02. The van der Waals surface area contributed by atoms with Crippen LogP contribution in [0.3, 0.4) is 0 Å². The minimum Gasteiger partial charge on any atom is -0.264 e. The molecule has 0 saturated carbocycles. The van der Waals surface area contributed by atoms with Gasteiger partial charge in [-0.1, -0.05) is 0 Å². The molecule has 94 valence electrons. The molecule has 1 aromatic rings. The lowest BCUT2D eigenvalue weighted by atomic mass is 10.2. The maximum absolute atomic E-state index is 13.4. The predicted octanol–water partition coefficient (Wildman–Crippen LogP) is 2.62. The van der Waals surface area contributed by atoms with Gasteiger partial charge < -0.3 is 0 Å². The summed E-state index contributed by atoms with van der Waals surface area (Å²) in [5, 5.41) is 2.30. The van der Waals surface area contributed by atoms with Crippen LogP contribution in [0, 0.1) is 10.9 Å². The molecular formula is C12H12FN3O2. The van der Waals surface area contributed by atoms with E-state index in [1.54, 1.807) is 19.9 Å². The van der Waals surface area contributed by atoms with Gasteiger partial charge in [-0.3, -0.25) is 9.79 Å². The van der Waals surface area contributed by atoms with Crippen molar-refractivity contribution in [2.75, 3.05) is 0 Å². The molecule has 0 aliphatic heterocycles. The van der Waals surface area contributed by atoms with Crippen LogP contribution in [0.2, 0.25) is 0 Å². The molecule has 5 nitrogen and oxygen atoms in total. The normalized spacial score (nSPS) is 13.0. The Labute approximate surface area is 103 Å². The molecule has 1 rings (SSSR count). The van der Waals surface area contributed by atoms with E-state index in [-0.39, 0.29) is 11.1 Å². The average Bonchev–Trinajstić information content (AvgIpc) is 2.37. The summed E-state index contributed by atoms with van der Waals surface area (Å²) in [6.45, 7) is 4.58. The summed E-state index contributed by atoms with van der Waals surface area (Å²) in [5.41, 5.74) is 1.07. The highest BCUT2D eigenvalue weighted by Gasteiger charge is 2.09. The van der Waals surface area contributed by atoms with Crippen molar-refractivity contribution >= 4 is 11.6 Å². The van der Waals surface area contributed by atoms with Crippen molar-refractivity contribution < 1.29 is 9.18 Å². The minimum atomic E-state index is -0.879. The molecule has 6 heteroatoms. The van der Waals surface area contributed by atoms with E-state index in [4.69, 9.17) is 0 Å². The van der Waals surface area contributed by atoms with E-state index in [0.717, 1.165) is 0 Å². The molecule has 0 aromatic carbocycles. The van der Waals surface area contributed by atoms with Gasteiger partial charge in [-0.25, -0.2) is 4.98 Å². The first-order chi connectivity index (χ1) is 8.47. The summed E-state index contributed by atoms with van der Waals surface area (Å²) >= 11 is 0. The molecule has 0 fully saturated rings. The summed E-state index contributed by atoms with van der Waals surface area (Å²) < 4.78 is 13.4. The quantitative estimate of drug-likeness (QED) is 0.358. The molecule has 18 heavy (non-hydrogen) atoms. The molecule has 1 aromatic heterocycles. The summed E-state index contributed by atoms with van der Waals surface area (Å²) in [7, 11) is 0. The molecule has 0 aliphatic carbocycles. The molecule has 0 aliphatic rings. The fraction of sp³-hybridized carbons (Fsp3) is 0.250. The molecule has 0 saturated heterocycles. The fourth-order valence-corrected chi connectivity index (χ4v) is 1.27. The average molecular weight is 249 g/mol. The van der Waals surface area contributed by atoms with Gasteiger partial charge in [-0.05, 0) is 32.9 Å². The van der Waals surface area contributed by atoms with Crippen molar-refractivity contribution in [2.45, 2.75) is 20.8 Å². The van der Waals surface area contributed by atoms with Crippen LogP contribution in [0.25, 0.3) is 0 Å². The Kier molecular flexibility index (Phi) is 4.53. The number of amides is 1. The van der Waals surface area contributed by atoms with Crippen LogP contribution in [0.15, 0.2) is 39.8 Å². The topological polar surface area (TPSA) is 71.8 Å². The highest BCUT2D eigenvalue weighted by atomic mass is 19.1. The molecular weight excluding hydrogens is 237 g/mol. The van der Waals surface area contributed by atoms with Crippen LogP contribution in [0.1, 0.15) is 26.3 Å². The van der Waals surface area contributed by atoms with Crippen LogP contribution >= 0.6 is 0 Å². The first-order valence-electron chi connectivity index (χ1n) is 5.18. The monoisotopic (exact) mass is 249 g/mol. The maximum atomic E-state index is 13.4. The van der Waals surface area contributed by atoms with E-state index >= 15 is 0 Å². The van der Waals surface area contributed by atoms with Crippen LogP contribution in [0.5, 0.6) is 0 Å².